The van der Waals surface area contributed by atoms with Gasteiger partial charge < -0.3 is 10.1 Å². The van der Waals surface area contributed by atoms with E-state index in [9.17, 15) is 9.59 Å². The van der Waals surface area contributed by atoms with Crippen LogP contribution in [0.5, 0.6) is 5.75 Å². The molecule has 0 saturated carbocycles. The monoisotopic (exact) mass is 428 g/mol. The largest absolute Gasteiger partial charge is 0.493 e. The Balaban J connectivity index is 2.16. The Kier molecular flexibility index (Phi) is 9.44. The Morgan fingerprint density at radius 1 is 1.07 bits per heavy atom. The third-order valence-corrected chi connectivity index (χ3v) is 4.67. The minimum Gasteiger partial charge on any atom is -0.493 e. The fourth-order valence-electron chi connectivity index (χ4n) is 2.38. The van der Waals surface area contributed by atoms with Gasteiger partial charge in [0.1, 0.15) is 11.4 Å². The van der Waals surface area contributed by atoms with Gasteiger partial charge >= 0.3 is 0 Å². The number of benzene rings is 2. The molecular weight excluding hydrogens is 400 g/mol. The second kappa shape index (κ2) is 12.0. The average molecular weight is 429 g/mol. The maximum atomic E-state index is 12.7. The van der Waals surface area contributed by atoms with Crippen LogP contribution >= 0.6 is 11.8 Å². The number of rotatable bonds is 10. The number of carbonyl (C=O) groups excluding carboxylic acids is 2. The standard InChI is InChI=1S/C23H28N2O4S/c1-5-29-25-23(27)21(14-17-6-12-20(30-4)13-7-17)24-22(26)18-8-10-19(11-9-18)28-15-16(2)3/h6-14,16H,5,15H2,1-4H3,(H,24,26)(H,25,27)/b21-14-. The van der Waals surface area contributed by atoms with Crippen LogP contribution in [-0.2, 0) is 9.63 Å². The molecule has 0 aliphatic heterocycles. The summed E-state index contributed by atoms with van der Waals surface area (Å²) in [5.41, 5.74) is 3.61. The molecule has 0 unspecified atom stereocenters. The van der Waals surface area contributed by atoms with Gasteiger partial charge in [0, 0.05) is 10.5 Å². The summed E-state index contributed by atoms with van der Waals surface area (Å²) in [6.45, 7) is 6.81. The van der Waals surface area contributed by atoms with Crippen molar-refractivity contribution in [3.05, 3.63) is 65.4 Å². The number of ether oxygens (including phenoxy) is 1. The predicted octanol–water partition coefficient (Wildman–Crippen LogP) is 4.28. The van der Waals surface area contributed by atoms with E-state index in [2.05, 4.69) is 24.6 Å². The van der Waals surface area contributed by atoms with E-state index >= 15 is 0 Å². The van der Waals surface area contributed by atoms with Gasteiger partial charge in [-0.25, -0.2) is 5.48 Å². The average Bonchev–Trinajstić information content (AvgIpc) is 2.76. The smallest absolute Gasteiger partial charge is 0.291 e. The van der Waals surface area contributed by atoms with Crippen molar-refractivity contribution in [3.8, 4) is 5.75 Å². The van der Waals surface area contributed by atoms with Gasteiger partial charge in [0.2, 0.25) is 0 Å². The molecule has 0 bridgehead atoms. The van der Waals surface area contributed by atoms with E-state index in [1.54, 1.807) is 49.0 Å². The van der Waals surface area contributed by atoms with Gasteiger partial charge in [0.05, 0.1) is 13.2 Å². The lowest BCUT2D eigenvalue weighted by Gasteiger charge is -2.12. The third-order valence-electron chi connectivity index (χ3n) is 3.93. The lowest BCUT2D eigenvalue weighted by molar-refractivity contribution is -0.129. The Labute approximate surface area is 182 Å². The van der Waals surface area contributed by atoms with E-state index in [1.165, 1.54) is 0 Å². The molecule has 7 heteroatoms. The van der Waals surface area contributed by atoms with Crippen molar-refractivity contribution in [1.82, 2.24) is 10.8 Å². The van der Waals surface area contributed by atoms with Crippen LogP contribution in [0, 0.1) is 5.92 Å². The molecule has 0 aromatic heterocycles. The number of hydrogen-bond donors (Lipinski definition) is 2. The molecule has 0 saturated heterocycles. The van der Waals surface area contributed by atoms with Gasteiger partial charge in [-0.05, 0) is 67.1 Å². The molecule has 0 aliphatic rings. The maximum Gasteiger partial charge on any atom is 0.291 e. The second-order valence-corrected chi connectivity index (χ2v) is 7.76. The fraction of sp³-hybridized carbons (Fsp3) is 0.304. The Bertz CT molecular complexity index is 862. The van der Waals surface area contributed by atoms with Gasteiger partial charge in [-0.2, -0.15) is 0 Å². The van der Waals surface area contributed by atoms with E-state index in [0.717, 1.165) is 10.5 Å². The second-order valence-electron chi connectivity index (χ2n) is 6.88. The van der Waals surface area contributed by atoms with Crippen molar-refractivity contribution < 1.29 is 19.2 Å². The summed E-state index contributed by atoms with van der Waals surface area (Å²) < 4.78 is 5.64. The van der Waals surface area contributed by atoms with Crippen LogP contribution < -0.4 is 15.5 Å². The summed E-state index contributed by atoms with van der Waals surface area (Å²) in [4.78, 5) is 31.2. The van der Waals surface area contributed by atoms with Crippen molar-refractivity contribution in [1.29, 1.82) is 0 Å². The van der Waals surface area contributed by atoms with Crippen LogP contribution in [0.15, 0.2) is 59.1 Å². The highest BCUT2D eigenvalue weighted by Gasteiger charge is 2.15. The highest BCUT2D eigenvalue weighted by Crippen LogP contribution is 2.17. The summed E-state index contributed by atoms with van der Waals surface area (Å²) in [6.07, 6.45) is 3.60. The number of amides is 2. The molecule has 2 amide bonds. The highest BCUT2D eigenvalue weighted by molar-refractivity contribution is 7.98. The zero-order chi connectivity index (χ0) is 21.9. The van der Waals surface area contributed by atoms with Crippen molar-refractivity contribution in [3.63, 3.8) is 0 Å². The van der Waals surface area contributed by atoms with Crippen LogP contribution in [0.2, 0.25) is 0 Å². The summed E-state index contributed by atoms with van der Waals surface area (Å²) in [5, 5.41) is 2.67. The van der Waals surface area contributed by atoms with E-state index in [-0.39, 0.29) is 5.70 Å². The van der Waals surface area contributed by atoms with E-state index in [1.807, 2.05) is 30.5 Å². The number of hydroxylamine groups is 1. The molecule has 0 heterocycles. The van der Waals surface area contributed by atoms with Crippen molar-refractivity contribution >= 4 is 29.7 Å². The highest BCUT2D eigenvalue weighted by atomic mass is 32.2. The zero-order valence-corrected chi connectivity index (χ0v) is 18.5. The van der Waals surface area contributed by atoms with E-state index in [0.29, 0.717) is 30.4 Å². The lowest BCUT2D eigenvalue weighted by atomic mass is 10.1. The SMILES string of the molecule is CCONC(=O)/C(=C/c1ccc(SC)cc1)NC(=O)c1ccc(OCC(C)C)cc1. The van der Waals surface area contributed by atoms with Crippen LogP contribution in [0.3, 0.4) is 0 Å². The quantitative estimate of drug-likeness (QED) is 0.336. The first-order chi connectivity index (χ1) is 14.4. The number of carbonyl (C=O) groups is 2. The molecule has 0 fully saturated rings. The third kappa shape index (κ3) is 7.57. The van der Waals surface area contributed by atoms with Crippen LogP contribution in [-0.4, -0.2) is 31.3 Å². The molecule has 0 atom stereocenters. The molecule has 2 aromatic carbocycles. The Hall–Kier alpha value is -2.77. The predicted molar refractivity (Wildman–Crippen MR) is 120 cm³/mol. The molecule has 0 aliphatic carbocycles. The molecule has 0 spiro atoms. The van der Waals surface area contributed by atoms with Crippen molar-refractivity contribution in [2.75, 3.05) is 19.5 Å². The van der Waals surface area contributed by atoms with Gasteiger partial charge in [0.25, 0.3) is 11.8 Å². The number of thioether (sulfide) groups is 1. The topological polar surface area (TPSA) is 76.7 Å². The molecule has 6 nitrogen and oxygen atoms in total. The van der Waals surface area contributed by atoms with Gasteiger partial charge in [-0.3, -0.25) is 14.4 Å². The van der Waals surface area contributed by atoms with Crippen molar-refractivity contribution in [2.45, 2.75) is 25.7 Å². The van der Waals surface area contributed by atoms with E-state index < -0.39 is 11.8 Å². The first-order valence-electron chi connectivity index (χ1n) is 9.75. The summed E-state index contributed by atoms with van der Waals surface area (Å²) in [5.74, 6) is 0.175. The molecule has 2 aromatic rings. The lowest BCUT2D eigenvalue weighted by Crippen LogP contribution is -2.34. The van der Waals surface area contributed by atoms with E-state index in [4.69, 9.17) is 9.57 Å². The first-order valence-corrected chi connectivity index (χ1v) is 11.0. The van der Waals surface area contributed by atoms with Crippen LogP contribution in [0.25, 0.3) is 6.08 Å². The summed E-state index contributed by atoms with van der Waals surface area (Å²) in [6, 6.07) is 14.5. The normalized spacial score (nSPS) is 11.3. The van der Waals surface area contributed by atoms with Gasteiger partial charge in [-0.1, -0.05) is 26.0 Å². The minimum absolute atomic E-state index is 0.0884. The zero-order valence-electron chi connectivity index (χ0n) is 17.7. The number of hydrogen-bond acceptors (Lipinski definition) is 5. The molecule has 0 radical (unpaired) electrons. The first kappa shape index (κ1) is 23.5. The summed E-state index contributed by atoms with van der Waals surface area (Å²) in [7, 11) is 0. The molecular formula is C23H28N2O4S. The molecule has 2 rings (SSSR count). The number of nitrogens with one attached hydrogen (secondary N) is 2. The molecule has 160 valence electrons. The maximum absolute atomic E-state index is 12.7. The Morgan fingerprint density at radius 2 is 1.73 bits per heavy atom. The van der Waals surface area contributed by atoms with Crippen molar-refractivity contribution in [2.24, 2.45) is 5.92 Å². The van der Waals surface area contributed by atoms with Crippen LogP contribution in [0.4, 0.5) is 0 Å². The molecule has 30 heavy (non-hydrogen) atoms. The van der Waals surface area contributed by atoms with Crippen LogP contribution in [0.1, 0.15) is 36.7 Å². The minimum atomic E-state index is -0.531. The van der Waals surface area contributed by atoms with Gasteiger partial charge in [-0.15, -0.1) is 11.8 Å². The van der Waals surface area contributed by atoms with Gasteiger partial charge in [0.15, 0.2) is 0 Å². The Morgan fingerprint density at radius 3 is 2.30 bits per heavy atom. The summed E-state index contributed by atoms with van der Waals surface area (Å²) >= 11 is 1.63. The fourth-order valence-corrected chi connectivity index (χ4v) is 2.79. The molecule has 2 N–H and O–H groups in total.